The van der Waals surface area contributed by atoms with E-state index in [1.807, 2.05) is 20.8 Å². The number of carbonyl (C=O) groups is 2. The average molecular weight is 621 g/mol. The van der Waals surface area contributed by atoms with Crippen LogP contribution in [-0.2, 0) is 26.2 Å². The lowest BCUT2D eigenvalue weighted by Gasteiger charge is -2.31. The van der Waals surface area contributed by atoms with Gasteiger partial charge in [-0.1, -0.05) is 61.6 Å². The van der Waals surface area contributed by atoms with Crippen LogP contribution >= 0.6 is 34.8 Å². The zero-order chi connectivity index (χ0) is 29.3. The third kappa shape index (κ3) is 9.74. The van der Waals surface area contributed by atoms with E-state index in [9.17, 15) is 18.0 Å². The Balaban J connectivity index is 2.26. The minimum Gasteiger partial charge on any atom is -0.495 e. The van der Waals surface area contributed by atoms with Gasteiger partial charge in [0.05, 0.1) is 34.1 Å². The number of nitrogens with one attached hydrogen (secondary N) is 1. The highest BCUT2D eigenvalue weighted by atomic mass is 35.5. The van der Waals surface area contributed by atoms with Crippen LogP contribution in [0.25, 0.3) is 0 Å². The van der Waals surface area contributed by atoms with E-state index in [1.165, 1.54) is 22.4 Å². The Kier molecular flexibility index (Phi) is 12.7. The minimum atomic E-state index is -3.66. The molecule has 0 fully saturated rings. The quantitative estimate of drug-likeness (QED) is 0.289. The molecular formula is C27H36Cl3N3O5S. The normalized spacial score (nSPS) is 12.2. The number of rotatable bonds is 14. The average Bonchev–Trinajstić information content (AvgIpc) is 2.86. The second-order valence-corrected chi connectivity index (χ2v) is 12.7. The van der Waals surface area contributed by atoms with E-state index in [-0.39, 0.29) is 48.7 Å². The Hall–Kier alpha value is -2.20. The molecule has 0 unspecified atom stereocenters. The highest BCUT2D eigenvalue weighted by Gasteiger charge is 2.29. The summed E-state index contributed by atoms with van der Waals surface area (Å²) in [5.41, 5.74) is 1.08. The van der Waals surface area contributed by atoms with E-state index < -0.39 is 16.1 Å². The molecule has 0 bridgehead atoms. The van der Waals surface area contributed by atoms with Crippen molar-refractivity contribution in [2.75, 3.05) is 30.8 Å². The van der Waals surface area contributed by atoms with Gasteiger partial charge in [0, 0.05) is 26.1 Å². The molecule has 2 rings (SSSR count). The molecular weight excluding hydrogens is 585 g/mol. The minimum absolute atomic E-state index is 0.0190. The van der Waals surface area contributed by atoms with Gasteiger partial charge in [0.15, 0.2) is 0 Å². The molecule has 0 aliphatic rings. The molecule has 216 valence electrons. The van der Waals surface area contributed by atoms with Crippen LogP contribution in [0.3, 0.4) is 0 Å². The summed E-state index contributed by atoms with van der Waals surface area (Å²) in [7, 11) is -2.19. The lowest BCUT2D eigenvalue weighted by Crippen LogP contribution is -2.49. The molecule has 0 aromatic heterocycles. The van der Waals surface area contributed by atoms with Crippen LogP contribution in [0.15, 0.2) is 36.4 Å². The van der Waals surface area contributed by atoms with Gasteiger partial charge in [0.25, 0.3) is 0 Å². The monoisotopic (exact) mass is 619 g/mol. The Morgan fingerprint density at radius 3 is 2.26 bits per heavy atom. The number of anilines is 1. The maximum atomic E-state index is 13.5. The highest BCUT2D eigenvalue weighted by molar-refractivity contribution is 7.92. The first-order valence-corrected chi connectivity index (χ1v) is 15.6. The van der Waals surface area contributed by atoms with Crippen molar-refractivity contribution in [1.82, 2.24) is 10.2 Å². The molecule has 0 saturated heterocycles. The van der Waals surface area contributed by atoms with Crippen molar-refractivity contribution in [2.24, 2.45) is 5.92 Å². The SMILES string of the molecule is CC[C@@H](C(=O)NCC(C)C)N(Cc1ccc(Cl)c(Cl)c1)C(=O)CCCN(c1ccc(OC)c(Cl)c1)S(C)(=O)=O. The van der Waals surface area contributed by atoms with Crippen LogP contribution in [-0.4, -0.2) is 57.6 Å². The predicted octanol–water partition coefficient (Wildman–Crippen LogP) is 5.78. The van der Waals surface area contributed by atoms with Gasteiger partial charge in [-0.2, -0.15) is 0 Å². The van der Waals surface area contributed by atoms with Crippen LogP contribution in [0.2, 0.25) is 15.1 Å². The van der Waals surface area contributed by atoms with Crippen molar-refractivity contribution in [1.29, 1.82) is 0 Å². The number of amides is 2. The molecule has 0 saturated carbocycles. The Labute approximate surface area is 246 Å². The number of benzene rings is 2. The van der Waals surface area contributed by atoms with Crippen LogP contribution in [0, 0.1) is 5.92 Å². The van der Waals surface area contributed by atoms with E-state index in [0.29, 0.717) is 34.4 Å². The number of nitrogens with zero attached hydrogens (tertiary/aromatic N) is 2. The molecule has 0 heterocycles. The maximum absolute atomic E-state index is 13.5. The number of hydrogen-bond acceptors (Lipinski definition) is 5. The second kappa shape index (κ2) is 15.0. The molecule has 8 nitrogen and oxygen atoms in total. The summed E-state index contributed by atoms with van der Waals surface area (Å²) in [6, 6.07) is 9.04. The van der Waals surface area contributed by atoms with Gasteiger partial charge in [-0.15, -0.1) is 0 Å². The van der Waals surface area contributed by atoms with Crippen molar-refractivity contribution >= 4 is 62.3 Å². The van der Waals surface area contributed by atoms with Crippen molar-refractivity contribution in [3.05, 3.63) is 57.0 Å². The lowest BCUT2D eigenvalue weighted by atomic mass is 10.1. The van der Waals surface area contributed by atoms with Crippen LogP contribution in [0.4, 0.5) is 5.69 Å². The molecule has 2 aromatic rings. The summed E-state index contributed by atoms with van der Waals surface area (Å²) in [5, 5.41) is 3.92. The zero-order valence-corrected chi connectivity index (χ0v) is 25.9. The Bertz CT molecular complexity index is 1260. The standard InChI is InChI=1S/C27H36Cl3N3O5S/c1-6-24(27(35)31-16-18(2)3)32(17-19-9-11-21(28)22(29)14-19)26(34)8-7-13-33(39(5,36)37)20-10-12-25(38-4)23(30)15-20/h9-12,14-15,18,24H,6-8,13,16-17H2,1-5H3,(H,31,35)/t24-/m0/s1. The molecule has 2 amide bonds. The summed E-state index contributed by atoms with van der Waals surface area (Å²) in [4.78, 5) is 28.1. The number of halogens is 3. The Morgan fingerprint density at radius 2 is 1.72 bits per heavy atom. The molecule has 1 atom stereocenters. The van der Waals surface area contributed by atoms with E-state index in [1.54, 1.807) is 30.3 Å². The molecule has 12 heteroatoms. The smallest absolute Gasteiger partial charge is 0.242 e. The largest absolute Gasteiger partial charge is 0.495 e. The number of sulfonamides is 1. The fraction of sp³-hybridized carbons (Fsp3) is 0.481. The van der Waals surface area contributed by atoms with Gasteiger partial charge in [-0.3, -0.25) is 13.9 Å². The third-order valence-corrected chi connectivity index (χ3v) is 8.21. The van der Waals surface area contributed by atoms with E-state index >= 15 is 0 Å². The van der Waals surface area contributed by atoms with Gasteiger partial charge in [-0.25, -0.2) is 8.42 Å². The summed E-state index contributed by atoms with van der Waals surface area (Å²) in [6.07, 6.45) is 1.73. The van der Waals surface area contributed by atoms with Crippen LogP contribution < -0.4 is 14.4 Å². The molecule has 0 radical (unpaired) electrons. The van der Waals surface area contributed by atoms with Crippen LogP contribution in [0.5, 0.6) is 5.75 Å². The van der Waals surface area contributed by atoms with E-state index in [0.717, 1.165) is 11.8 Å². The molecule has 2 aromatic carbocycles. The third-order valence-electron chi connectivity index (χ3n) is 5.98. The first-order chi connectivity index (χ1) is 18.3. The van der Waals surface area contributed by atoms with Crippen molar-refractivity contribution < 1.29 is 22.7 Å². The van der Waals surface area contributed by atoms with Gasteiger partial charge in [-0.05, 0) is 54.7 Å². The zero-order valence-electron chi connectivity index (χ0n) is 22.8. The fourth-order valence-corrected chi connectivity index (χ4v) is 5.52. The fourth-order valence-electron chi connectivity index (χ4n) is 3.99. The van der Waals surface area contributed by atoms with Gasteiger partial charge in [0.1, 0.15) is 11.8 Å². The van der Waals surface area contributed by atoms with Gasteiger partial charge in [0.2, 0.25) is 21.8 Å². The molecule has 1 N–H and O–H groups in total. The first kappa shape index (κ1) is 33.0. The van der Waals surface area contributed by atoms with Crippen molar-refractivity contribution in [3.63, 3.8) is 0 Å². The van der Waals surface area contributed by atoms with Crippen LogP contribution in [0.1, 0.15) is 45.6 Å². The van der Waals surface area contributed by atoms with E-state index in [2.05, 4.69) is 5.32 Å². The second-order valence-electron chi connectivity index (χ2n) is 9.59. The number of ether oxygens (including phenoxy) is 1. The van der Waals surface area contributed by atoms with Gasteiger partial charge < -0.3 is 15.0 Å². The first-order valence-electron chi connectivity index (χ1n) is 12.6. The topological polar surface area (TPSA) is 96.0 Å². The summed E-state index contributed by atoms with van der Waals surface area (Å²) in [6.45, 7) is 6.50. The highest BCUT2D eigenvalue weighted by Crippen LogP contribution is 2.30. The number of hydrogen-bond donors (Lipinski definition) is 1. The summed E-state index contributed by atoms with van der Waals surface area (Å²) < 4.78 is 31.5. The summed E-state index contributed by atoms with van der Waals surface area (Å²) >= 11 is 18.5. The molecule has 0 spiro atoms. The van der Waals surface area contributed by atoms with Crippen molar-refractivity contribution in [2.45, 2.75) is 52.6 Å². The van der Waals surface area contributed by atoms with E-state index in [4.69, 9.17) is 39.5 Å². The lowest BCUT2D eigenvalue weighted by molar-refractivity contribution is -0.141. The molecule has 0 aliphatic heterocycles. The maximum Gasteiger partial charge on any atom is 0.242 e. The summed E-state index contributed by atoms with van der Waals surface area (Å²) in [5.74, 6) is 0.140. The molecule has 0 aliphatic carbocycles. The molecule has 39 heavy (non-hydrogen) atoms. The number of carbonyl (C=O) groups excluding carboxylic acids is 2. The van der Waals surface area contributed by atoms with Crippen molar-refractivity contribution in [3.8, 4) is 5.75 Å². The van der Waals surface area contributed by atoms with Gasteiger partial charge >= 0.3 is 0 Å². The Morgan fingerprint density at radius 1 is 1.03 bits per heavy atom. The predicted molar refractivity (Wildman–Crippen MR) is 158 cm³/mol. The number of methoxy groups -OCH3 is 1.